The fourth-order valence-corrected chi connectivity index (χ4v) is 2.01. The molecule has 0 aromatic carbocycles. The van der Waals surface area contributed by atoms with E-state index in [4.69, 9.17) is 4.74 Å². The van der Waals surface area contributed by atoms with E-state index in [-0.39, 0.29) is 0 Å². The van der Waals surface area contributed by atoms with Crippen molar-refractivity contribution >= 4 is 0 Å². The number of hydrogen-bond donors (Lipinski definition) is 1. The summed E-state index contributed by atoms with van der Waals surface area (Å²) in [4.78, 5) is 2.52. The molecule has 0 atom stereocenters. The average molecular weight is 228 g/mol. The van der Waals surface area contributed by atoms with Crippen molar-refractivity contribution < 1.29 is 4.74 Å². The van der Waals surface area contributed by atoms with Gasteiger partial charge in [0.25, 0.3) is 0 Å². The molecule has 96 valence electrons. The number of nitrogens with zero attached hydrogens (tertiary/aromatic N) is 1. The summed E-state index contributed by atoms with van der Waals surface area (Å²) in [5.41, 5.74) is 0. The van der Waals surface area contributed by atoms with Crippen LogP contribution in [0.3, 0.4) is 0 Å². The van der Waals surface area contributed by atoms with Gasteiger partial charge in [0.1, 0.15) is 0 Å². The van der Waals surface area contributed by atoms with E-state index in [2.05, 4.69) is 24.1 Å². The number of rotatable bonds is 8. The van der Waals surface area contributed by atoms with E-state index in [1.54, 1.807) is 0 Å². The Hall–Kier alpha value is -0.120. The highest BCUT2D eigenvalue weighted by molar-refractivity contribution is 4.63. The Balaban J connectivity index is 1.80. The Labute approximate surface area is 101 Å². The molecule has 0 amide bonds. The van der Waals surface area contributed by atoms with E-state index >= 15 is 0 Å². The van der Waals surface area contributed by atoms with Crippen LogP contribution in [0, 0.1) is 5.92 Å². The molecule has 0 aliphatic carbocycles. The number of piperidine rings is 1. The number of ether oxygens (including phenoxy) is 1. The highest BCUT2D eigenvalue weighted by Gasteiger charge is 2.08. The summed E-state index contributed by atoms with van der Waals surface area (Å²) >= 11 is 0. The maximum Gasteiger partial charge on any atom is 0.0594 e. The number of likely N-dealkylation sites (tertiary alicyclic amines) is 1. The van der Waals surface area contributed by atoms with Crippen molar-refractivity contribution in [3.8, 4) is 0 Å². The topological polar surface area (TPSA) is 24.5 Å². The normalized spacial score (nSPS) is 18.2. The molecule has 1 N–H and O–H groups in total. The fraction of sp³-hybridized carbons (Fsp3) is 1.00. The van der Waals surface area contributed by atoms with Gasteiger partial charge in [-0.2, -0.15) is 0 Å². The Bertz CT molecular complexity index is 156. The van der Waals surface area contributed by atoms with Crippen LogP contribution >= 0.6 is 0 Å². The zero-order chi connectivity index (χ0) is 11.6. The van der Waals surface area contributed by atoms with Gasteiger partial charge < -0.3 is 15.0 Å². The van der Waals surface area contributed by atoms with Crippen molar-refractivity contribution in [2.45, 2.75) is 33.1 Å². The van der Waals surface area contributed by atoms with Crippen molar-refractivity contribution in [2.24, 2.45) is 5.92 Å². The van der Waals surface area contributed by atoms with Crippen molar-refractivity contribution in [3.63, 3.8) is 0 Å². The molecular weight excluding hydrogens is 200 g/mol. The highest BCUT2D eigenvalue weighted by atomic mass is 16.5. The third-order valence-corrected chi connectivity index (χ3v) is 2.98. The van der Waals surface area contributed by atoms with Gasteiger partial charge in [-0.3, -0.25) is 0 Å². The van der Waals surface area contributed by atoms with Gasteiger partial charge in [-0.15, -0.1) is 0 Å². The van der Waals surface area contributed by atoms with E-state index in [0.717, 1.165) is 38.8 Å². The molecule has 1 aliphatic rings. The lowest BCUT2D eigenvalue weighted by Crippen LogP contribution is -2.33. The van der Waals surface area contributed by atoms with E-state index in [1.807, 2.05) is 0 Å². The second kappa shape index (κ2) is 8.97. The monoisotopic (exact) mass is 228 g/mol. The van der Waals surface area contributed by atoms with Crippen molar-refractivity contribution in [1.29, 1.82) is 0 Å². The summed E-state index contributed by atoms with van der Waals surface area (Å²) in [6, 6.07) is 0. The summed E-state index contributed by atoms with van der Waals surface area (Å²) in [5.74, 6) is 0.730. The Morgan fingerprint density at radius 1 is 1.12 bits per heavy atom. The van der Waals surface area contributed by atoms with Crippen LogP contribution in [0.5, 0.6) is 0 Å². The summed E-state index contributed by atoms with van der Waals surface area (Å²) in [6.07, 6.45) is 4.16. The van der Waals surface area contributed by atoms with Crippen LogP contribution in [0.15, 0.2) is 0 Å². The molecule has 16 heavy (non-hydrogen) atoms. The fourth-order valence-electron chi connectivity index (χ4n) is 2.01. The second-order valence-electron chi connectivity index (χ2n) is 5.11. The third-order valence-electron chi connectivity index (χ3n) is 2.98. The zero-order valence-electron chi connectivity index (χ0n) is 11.0. The highest BCUT2D eigenvalue weighted by Crippen LogP contribution is 2.07. The molecule has 1 aliphatic heterocycles. The van der Waals surface area contributed by atoms with E-state index in [0.29, 0.717) is 0 Å². The quantitative estimate of drug-likeness (QED) is 0.640. The summed E-state index contributed by atoms with van der Waals surface area (Å²) < 4.78 is 5.61. The first kappa shape index (κ1) is 13.9. The maximum absolute atomic E-state index is 5.61. The van der Waals surface area contributed by atoms with Crippen LogP contribution in [0.2, 0.25) is 0 Å². The van der Waals surface area contributed by atoms with E-state index < -0.39 is 0 Å². The SMILES string of the molecule is CC(C)CNCCOCCN1CCCCC1. The van der Waals surface area contributed by atoms with Crippen molar-refractivity contribution in [3.05, 3.63) is 0 Å². The molecule has 0 unspecified atom stereocenters. The minimum Gasteiger partial charge on any atom is -0.379 e. The zero-order valence-corrected chi connectivity index (χ0v) is 11.0. The van der Waals surface area contributed by atoms with Gasteiger partial charge in [-0.05, 0) is 38.4 Å². The van der Waals surface area contributed by atoms with Crippen molar-refractivity contribution in [1.82, 2.24) is 10.2 Å². The third kappa shape index (κ3) is 7.20. The molecule has 0 aromatic rings. The van der Waals surface area contributed by atoms with Gasteiger partial charge in [-0.25, -0.2) is 0 Å². The molecule has 0 bridgehead atoms. The molecule has 0 spiro atoms. The lowest BCUT2D eigenvalue weighted by molar-refractivity contribution is 0.0977. The van der Waals surface area contributed by atoms with Crippen LogP contribution in [0.25, 0.3) is 0 Å². The Morgan fingerprint density at radius 2 is 1.88 bits per heavy atom. The van der Waals surface area contributed by atoms with Crippen LogP contribution in [0.4, 0.5) is 0 Å². The van der Waals surface area contributed by atoms with Gasteiger partial charge in [0.2, 0.25) is 0 Å². The predicted molar refractivity (Wildman–Crippen MR) is 68.8 cm³/mol. The first-order chi connectivity index (χ1) is 7.79. The first-order valence-electron chi connectivity index (χ1n) is 6.80. The second-order valence-corrected chi connectivity index (χ2v) is 5.11. The maximum atomic E-state index is 5.61. The van der Waals surface area contributed by atoms with Gasteiger partial charge in [0.05, 0.1) is 13.2 Å². The summed E-state index contributed by atoms with van der Waals surface area (Å²) in [7, 11) is 0. The molecule has 1 saturated heterocycles. The molecular formula is C13H28N2O. The molecule has 0 radical (unpaired) electrons. The lowest BCUT2D eigenvalue weighted by Gasteiger charge is -2.26. The molecule has 0 aromatic heterocycles. The predicted octanol–water partition coefficient (Wildman–Crippen LogP) is 1.73. The summed E-state index contributed by atoms with van der Waals surface area (Å²) in [5, 5.41) is 3.38. The van der Waals surface area contributed by atoms with E-state index in [9.17, 15) is 0 Å². The van der Waals surface area contributed by atoms with E-state index in [1.165, 1.54) is 32.4 Å². The van der Waals surface area contributed by atoms with Gasteiger partial charge in [0, 0.05) is 13.1 Å². The Morgan fingerprint density at radius 3 is 2.56 bits per heavy atom. The van der Waals surface area contributed by atoms with Gasteiger partial charge >= 0.3 is 0 Å². The van der Waals surface area contributed by atoms with Crippen LogP contribution in [0.1, 0.15) is 33.1 Å². The average Bonchev–Trinajstić information content (AvgIpc) is 2.29. The van der Waals surface area contributed by atoms with Crippen LogP contribution in [-0.2, 0) is 4.74 Å². The van der Waals surface area contributed by atoms with Crippen molar-refractivity contribution in [2.75, 3.05) is 45.9 Å². The molecule has 1 fully saturated rings. The molecule has 1 rings (SSSR count). The Kier molecular flexibility index (Phi) is 7.81. The van der Waals surface area contributed by atoms with Crippen LogP contribution in [-0.4, -0.2) is 50.8 Å². The molecule has 3 nitrogen and oxygen atoms in total. The molecule has 3 heteroatoms. The molecule has 0 saturated carbocycles. The van der Waals surface area contributed by atoms with Crippen LogP contribution < -0.4 is 5.32 Å². The number of nitrogens with one attached hydrogen (secondary N) is 1. The summed E-state index contributed by atoms with van der Waals surface area (Å²) in [6.45, 7) is 11.9. The standard InChI is InChI=1S/C13H28N2O/c1-13(2)12-14-6-10-16-11-9-15-7-4-3-5-8-15/h13-14H,3-12H2,1-2H3. The number of hydrogen-bond acceptors (Lipinski definition) is 3. The first-order valence-corrected chi connectivity index (χ1v) is 6.80. The van der Waals surface area contributed by atoms with Gasteiger partial charge in [-0.1, -0.05) is 20.3 Å². The largest absolute Gasteiger partial charge is 0.379 e. The lowest BCUT2D eigenvalue weighted by atomic mass is 10.1. The smallest absolute Gasteiger partial charge is 0.0594 e. The molecule has 1 heterocycles. The minimum atomic E-state index is 0.730. The minimum absolute atomic E-state index is 0.730. The van der Waals surface area contributed by atoms with Gasteiger partial charge in [0.15, 0.2) is 0 Å².